The van der Waals surface area contributed by atoms with Crippen LogP contribution in [0.15, 0.2) is 48.5 Å². The van der Waals surface area contributed by atoms with E-state index in [0.29, 0.717) is 23.9 Å². The fourth-order valence-corrected chi connectivity index (χ4v) is 2.80. The van der Waals surface area contributed by atoms with Gasteiger partial charge in [0.05, 0.1) is 24.0 Å². The first-order valence-electron chi connectivity index (χ1n) is 8.81. The topological polar surface area (TPSA) is 58.6 Å². The molecule has 0 radical (unpaired) electrons. The maximum atomic E-state index is 12.6. The highest BCUT2D eigenvalue weighted by molar-refractivity contribution is 6.32. The lowest BCUT2D eigenvalue weighted by Crippen LogP contribution is -2.35. The van der Waals surface area contributed by atoms with Gasteiger partial charge in [-0.1, -0.05) is 53.6 Å². The number of halogens is 1. The fourth-order valence-electron chi connectivity index (χ4n) is 2.61. The van der Waals surface area contributed by atoms with Gasteiger partial charge >= 0.3 is 0 Å². The van der Waals surface area contributed by atoms with Gasteiger partial charge in [0.25, 0.3) is 0 Å². The van der Waals surface area contributed by atoms with Crippen molar-refractivity contribution >= 4 is 23.4 Å². The van der Waals surface area contributed by atoms with E-state index in [1.165, 1.54) is 6.92 Å². The zero-order valence-electron chi connectivity index (χ0n) is 15.9. The van der Waals surface area contributed by atoms with E-state index in [1.54, 1.807) is 24.1 Å². The van der Waals surface area contributed by atoms with Crippen molar-refractivity contribution in [2.24, 2.45) is 0 Å². The maximum absolute atomic E-state index is 12.6. The summed E-state index contributed by atoms with van der Waals surface area (Å²) in [6.07, 6.45) is 0.186. The van der Waals surface area contributed by atoms with Gasteiger partial charge in [-0.05, 0) is 24.6 Å². The van der Waals surface area contributed by atoms with E-state index in [1.807, 2.05) is 43.3 Å². The quantitative estimate of drug-likeness (QED) is 0.749. The summed E-state index contributed by atoms with van der Waals surface area (Å²) >= 11 is 6.05. The Hall–Kier alpha value is -2.53. The molecule has 0 fully saturated rings. The number of carbonyl (C=O) groups is 2. The molecule has 27 heavy (non-hydrogen) atoms. The zero-order chi connectivity index (χ0) is 19.8. The van der Waals surface area contributed by atoms with E-state index in [-0.39, 0.29) is 24.3 Å². The number of ether oxygens (including phenoxy) is 1. The highest BCUT2D eigenvalue weighted by Gasteiger charge is 2.19. The van der Waals surface area contributed by atoms with E-state index >= 15 is 0 Å². The lowest BCUT2D eigenvalue weighted by atomic mass is 10.0. The summed E-state index contributed by atoms with van der Waals surface area (Å²) in [5.74, 6) is 0.353. The second-order valence-electron chi connectivity index (χ2n) is 6.46. The Morgan fingerprint density at radius 2 is 1.81 bits per heavy atom. The normalized spacial score (nSPS) is 11.6. The van der Waals surface area contributed by atoms with Crippen molar-refractivity contribution in [1.29, 1.82) is 0 Å². The highest BCUT2D eigenvalue weighted by atomic mass is 35.5. The monoisotopic (exact) mass is 388 g/mol. The number of hydrogen-bond acceptors (Lipinski definition) is 3. The summed E-state index contributed by atoms with van der Waals surface area (Å²) in [4.78, 5) is 25.7. The van der Waals surface area contributed by atoms with Crippen LogP contribution in [0.2, 0.25) is 5.02 Å². The predicted molar refractivity (Wildman–Crippen MR) is 107 cm³/mol. The average Bonchev–Trinajstić information content (AvgIpc) is 2.63. The minimum atomic E-state index is -0.359. The number of aryl methyl sites for hydroxylation is 1. The van der Waals surface area contributed by atoms with Crippen LogP contribution in [0.5, 0.6) is 5.75 Å². The number of rotatable bonds is 8. The Morgan fingerprint density at radius 3 is 2.44 bits per heavy atom. The molecular weight excluding hydrogens is 364 g/mol. The lowest BCUT2D eigenvalue weighted by molar-refractivity contribution is -0.131. The third kappa shape index (κ3) is 6.61. The molecule has 0 heterocycles. The van der Waals surface area contributed by atoms with Gasteiger partial charge in [-0.25, -0.2) is 0 Å². The molecule has 2 aromatic carbocycles. The molecule has 6 heteroatoms. The largest absolute Gasteiger partial charge is 0.490 e. The third-order valence-corrected chi connectivity index (χ3v) is 4.49. The summed E-state index contributed by atoms with van der Waals surface area (Å²) < 4.78 is 5.63. The number of nitrogens with one attached hydrogen (secondary N) is 1. The molecule has 0 spiro atoms. The Kier molecular flexibility index (Phi) is 7.67. The van der Waals surface area contributed by atoms with Crippen LogP contribution < -0.4 is 10.1 Å². The summed E-state index contributed by atoms with van der Waals surface area (Å²) in [5, 5.41) is 3.39. The van der Waals surface area contributed by atoms with Crippen LogP contribution in [0.25, 0.3) is 0 Å². The number of amides is 2. The van der Waals surface area contributed by atoms with Crippen molar-refractivity contribution in [2.45, 2.75) is 26.3 Å². The SMILES string of the molecule is CC(=O)NC(CC(=O)N(C)CCOc1ccccc1Cl)c1ccc(C)cc1. The van der Waals surface area contributed by atoms with Crippen molar-refractivity contribution < 1.29 is 14.3 Å². The number of nitrogens with zero attached hydrogens (tertiary/aromatic N) is 1. The number of para-hydroxylation sites is 1. The van der Waals surface area contributed by atoms with Crippen molar-refractivity contribution in [3.63, 3.8) is 0 Å². The van der Waals surface area contributed by atoms with Crippen LogP contribution in [0.4, 0.5) is 0 Å². The van der Waals surface area contributed by atoms with Gasteiger partial charge in [0, 0.05) is 14.0 Å². The van der Waals surface area contributed by atoms with E-state index < -0.39 is 0 Å². The molecule has 0 aromatic heterocycles. The Morgan fingerprint density at radius 1 is 1.15 bits per heavy atom. The molecule has 0 saturated carbocycles. The van der Waals surface area contributed by atoms with E-state index in [2.05, 4.69) is 5.32 Å². The van der Waals surface area contributed by atoms with Crippen LogP contribution in [-0.2, 0) is 9.59 Å². The van der Waals surface area contributed by atoms with Crippen LogP contribution in [0.3, 0.4) is 0 Å². The maximum Gasteiger partial charge on any atom is 0.224 e. The number of likely N-dealkylation sites (N-methyl/N-ethyl adjacent to an activating group) is 1. The lowest BCUT2D eigenvalue weighted by Gasteiger charge is -2.23. The third-order valence-electron chi connectivity index (χ3n) is 4.18. The number of carbonyl (C=O) groups excluding carboxylic acids is 2. The molecule has 0 aliphatic rings. The molecule has 0 aliphatic carbocycles. The fraction of sp³-hybridized carbons (Fsp3) is 0.333. The average molecular weight is 389 g/mol. The minimum Gasteiger partial charge on any atom is -0.490 e. The minimum absolute atomic E-state index is 0.0721. The first kappa shape index (κ1) is 20.8. The van der Waals surface area contributed by atoms with Gasteiger partial charge < -0.3 is 15.0 Å². The Bertz CT molecular complexity index is 777. The summed E-state index contributed by atoms with van der Waals surface area (Å²) in [6, 6.07) is 14.7. The molecule has 5 nitrogen and oxygen atoms in total. The number of hydrogen-bond donors (Lipinski definition) is 1. The van der Waals surface area contributed by atoms with Crippen LogP contribution in [0, 0.1) is 6.92 Å². The van der Waals surface area contributed by atoms with Crippen LogP contribution in [-0.4, -0.2) is 36.9 Å². The molecule has 2 aromatic rings. The molecule has 0 saturated heterocycles. The predicted octanol–water partition coefficient (Wildman–Crippen LogP) is 3.75. The van der Waals surface area contributed by atoms with Gasteiger partial charge in [0.15, 0.2) is 0 Å². The summed E-state index contributed by atoms with van der Waals surface area (Å²) in [6.45, 7) is 4.20. The zero-order valence-corrected chi connectivity index (χ0v) is 16.6. The van der Waals surface area contributed by atoms with Crippen molar-refractivity contribution in [1.82, 2.24) is 10.2 Å². The molecule has 1 atom stereocenters. The number of benzene rings is 2. The van der Waals surface area contributed by atoms with Gasteiger partial charge in [-0.2, -0.15) is 0 Å². The molecule has 1 unspecified atom stereocenters. The Balaban J connectivity index is 1.92. The van der Waals surface area contributed by atoms with E-state index in [4.69, 9.17) is 16.3 Å². The van der Waals surface area contributed by atoms with E-state index in [9.17, 15) is 9.59 Å². The molecule has 0 bridgehead atoms. The molecule has 2 amide bonds. The highest BCUT2D eigenvalue weighted by Crippen LogP contribution is 2.23. The smallest absolute Gasteiger partial charge is 0.224 e. The molecule has 1 N–H and O–H groups in total. The van der Waals surface area contributed by atoms with Crippen molar-refractivity contribution in [2.75, 3.05) is 20.2 Å². The molecule has 0 aliphatic heterocycles. The summed E-state index contributed by atoms with van der Waals surface area (Å²) in [7, 11) is 1.72. The van der Waals surface area contributed by atoms with Crippen LogP contribution >= 0.6 is 11.6 Å². The van der Waals surface area contributed by atoms with Crippen LogP contribution in [0.1, 0.15) is 30.5 Å². The first-order valence-corrected chi connectivity index (χ1v) is 9.19. The van der Waals surface area contributed by atoms with Crippen molar-refractivity contribution in [3.05, 3.63) is 64.7 Å². The van der Waals surface area contributed by atoms with Gasteiger partial charge in [0.1, 0.15) is 12.4 Å². The second-order valence-corrected chi connectivity index (χ2v) is 6.87. The Labute approximate surface area is 165 Å². The second kappa shape index (κ2) is 9.97. The van der Waals surface area contributed by atoms with E-state index in [0.717, 1.165) is 11.1 Å². The summed E-state index contributed by atoms with van der Waals surface area (Å²) in [5.41, 5.74) is 2.03. The first-order chi connectivity index (χ1) is 12.9. The van der Waals surface area contributed by atoms with Gasteiger partial charge in [-0.3, -0.25) is 9.59 Å². The van der Waals surface area contributed by atoms with Gasteiger partial charge in [0.2, 0.25) is 11.8 Å². The standard InChI is InChI=1S/C21H25ClN2O3/c1-15-8-10-17(11-9-15)19(23-16(2)25)14-21(26)24(3)12-13-27-20-7-5-4-6-18(20)22/h4-11,19H,12-14H2,1-3H3,(H,23,25). The van der Waals surface area contributed by atoms with Crippen molar-refractivity contribution in [3.8, 4) is 5.75 Å². The molecule has 2 rings (SSSR count). The molecular formula is C21H25ClN2O3. The molecule has 144 valence electrons. The van der Waals surface area contributed by atoms with Gasteiger partial charge in [-0.15, -0.1) is 0 Å².